The van der Waals surface area contributed by atoms with Crippen molar-refractivity contribution in [2.75, 3.05) is 4.90 Å². The molecule has 2 heterocycles. The van der Waals surface area contributed by atoms with Gasteiger partial charge in [0.25, 0.3) is 0 Å². The minimum Gasteiger partial charge on any atom is -0.333 e. The molecule has 3 heteroatoms. The molecule has 0 N–H and O–H groups in total. The molecule has 6 aromatic rings. The second-order valence-corrected chi connectivity index (χ2v) is 16.8. The Morgan fingerprint density at radius 1 is 0.703 bits per heavy atom. The first-order valence-corrected chi connectivity index (χ1v) is 22.0. The van der Waals surface area contributed by atoms with Crippen LogP contribution in [0.25, 0.3) is 11.1 Å². The Bertz CT molecular complexity index is 2850. The zero-order chi connectivity index (χ0) is 45.4. The third-order valence-corrected chi connectivity index (χ3v) is 12.3. The molecule has 0 radical (unpaired) electrons. The largest absolute Gasteiger partial charge is 0.333 e. The molecule has 0 fully saturated rings. The van der Waals surface area contributed by atoms with E-state index in [1.807, 2.05) is 57.2 Å². The zero-order valence-corrected chi connectivity index (χ0v) is 38.2. The second kappa shape index (κ2) is 19.8. The number of hydrogen-bond donors (Lipinski definition) is 0. The van der Waals surface area contributed by atoms with E-state index in [2.05, 4.69) is 197 Å². The molecule has 0 saturated heterocycles. The Morgan fingerprint density at radius 3 is 1.95 bits per heavy atom. The first-order chi connectivity index (χ1) is 31.0. The molecule has 64 heavy (non-hydrogen) atoms. The van der Waals surface area contributed by atoms with E-state index in [-0.39, 0.29) is 17.4 Å². The number of benzene rings is 6. The summed E-state index contributed by atoms with van der Waals surface area (Å²) in [5, 5.41) is 0. The van der Waals surface area contributed by atoms with Crippen LogP contribution < -0.4 is 4.90 Å². The highest BCUT2D eigenvalue weighted by atomic mass is 15.2. The lowest BCUT2D eigenvalue weighted by molar-refractivity contribution is 0.744. The average molecular weight is 834 g/mol. The molecular weight excluding hydrogens is 775 g/mol. The van der Waals surface area contributed by atoms with E-state index in [1.54, 1.807) is 12.2 Å². The lowest BCUT2D eigenvalue weighted by Gasteiger charge is -2.30. The number of rotatable bonds is 9. The summed E-state index contributed by atoms with van der Waals surface area (Å²) >= 11 is 0. The highest BCUT2D eigenvalue weighted by Crippen LogP contribution is 2.57. The van der Waals surface area contributed by atoms with Crippen LogP contribution >= 0.6 is 0 Å². The Hall–Kier alpha value is -7.36. The van der Waals surface area contributed by atoms with Gasteiger partial charge in [0.05, 0.1) is 22.9 Å². The minimum atomic E-state index is -0.355. The highest BCUT2D eigenvalue weighted by molar-refractivity contribution is 6.15. The van der Waals surface area contributed by atoms with Crippen molar-refractivity contribution in [1.29, 1.82) is 0 Å². The van der Waals surface area contributed by atoms with Crippen LogP contribution in [0.1, 0.15) is 72.6 Å². The van der Waals surface area contributed by atoms with Gasteiger partial charge in [-0.3, -0.25) is 9.98 Å². The molecule has 1 aliphatic carbocycles. The molecule has 9 rings (SSSR count). The van der Waals surface area contributed by atoms with Gasteiger partial charge in [0.15, 0.2) is 0 Å². The van der Waals surface area contributed by atoms with Crippen molar-refractivity contribution in [3.05, 3.63) is 270 Å². The molecular formula is C61H59N3. The normalized spacial score (nSPS) is 18.0. The van der Waals surface area contributed by atoms with Crippen LogP contribution in [0, 0.1) is 13.8 Å². The summed E-state index contributed by atoms with van der Waals surface area (Å²) in [5.74, 6) is 0.220. The van der Waals surface area contributed by atoms with Gasteiger partial charge in [-0.1, -0.05) is 202 Å². The van der Waals surface area contributed by atoms with Crippen molar-refractivity contribution in [3.8, 4) is 11.1 Å². The predicted molar refractivity (Wildman–Crippen MR) is 277 cm³/mol. The van der Waals surface area contributed by atoms with Gasteiger partial charge in [-0.25, -0.2) is 0 Å². The average Bonchev–Trinajstić information content (AvgIpc) is 3.82. The van der Waals surface area contributed by atoms with Gasteiger partial charge in [0.1, 0.15) is 0 Å². The Balaban J connectivity index is 0.000000241. The molecule has 0 aromatic heterocycles. The number of aryl methyl sites for hydroxylation is 2. The van der Waals surface area contributed by atoms with Crippen LogP contribution in [0.15, 0.2) is 241 Å². The quantitative estimate of drug-likeness (QED) is 0.105. The maximum Gasteiger partial charge on any atom is 0.0738 e. The summed E-state index contributed by atoms with van der Waals surface area (Å²) in [7, 11) is 0. The summed E-state index contributed by atoms with van der Waals surface area (Å²) in [5.41, 5.74) is 19.7. The molecule has 3 unspecified atom stereocenters. The van der Waals surface area contributed by atoms with Crippen molar-refractivity contribution >= 4 is 28.5 Å². The maximum atomic E-state index is 5.57. The van der Waals surface area contributed by atoms with Crippen LogP contribution in [0.4, 0.5) is 17.1 Å². The fraction of sp³-hybridized carbons (Fsp3) is 0.148. The predicted octanol–water partition coefficient (Wildman–Crippen LogP) is 16.0. The molecule has 0 saturated carbocycles. The van der Waals surface area contributed by atoms with Gasteiger partial charge in [0, 0.05) is 34.3 Å². The topological polar surface area (TPSA) is 28.0 Å². The van der Waals surface area contributed by atoms with Gasteiger partial charge in [-0.2, -0.15) is 0 Å². The van der Waals surface area contributed by atoms with Gasteiger partial charge >= 0.3 is 0 Å². The number of fused-ring (bicyclic) bond motifs is 5. The molecule has 318 valence electrons. The monoisotopic (exact) mass is 833 g/mol. The third-order valence-electron chi connectivity index (χ3n) is 12.3. The SMILES string of the molecule is C=C(C)N=C(C)c1ccccc1.C=C/C=C(\C=C)C(=C)C.Cc1ccccc1-c1cc(N2c3ccc4c(c3C3C=CC=CC32)N=C(c2ccccc2)C4(C)c2ccccc2)ccc1C. The van der Waals surface area contributed by atoms with E-state index >= 15 is 0 Å². The van der Waals surface area contributed by atoms with E-state index in [1.165, 1.54) is 55.9 Å². The standard InChI is InChI=1S/C41H34N2.C11H13N.C9H12/c1-27-14-10-11-19-32(27)34-26-31(23-22-28(34)2)43-36-21-13-12-20-33(36)38-37(43)25-24-35-39(38)42-40(29-15-6-4-7-16-29)41(35,3)30-17-8-5-9-18-30;1-9(2)12-10(3)11-7-5-4-6-8-11;1-5-7-9(6-2)8(3)4/h4-26,33,36H,1-3H3;4-8H,1H2,2-3H3;5-7H,1-3H2,4H3/b;;9-7+. The number of anilines is 2. The number of allylic oxidation sites excluding steroid dienone is 8. The Kier molecular flexibility index (Phi) is 13.8. The van der Waals surface area contributed by atoms with E-state index < -0.39 is 0 Å². The van der Waals surface area contributed by atoms with E-state index in [0.717, 1.165) is 39.5 Å². The Morgan fingerprint density at radius 2 is 1.33 bits per heavy atom. The Labute approximate surface area is 382 Å². The summed E-state index contributed by atoms with van der Waals surface area (Å²) in [6.45, 7) is 27.3. The molecule has 2 aliphatic heterocycles. The number of aliphatic imine (C=N–C) groups is 2. The van der Waals surface area contributed by atoms with E-state index in [0.29, 0.717) is 0 Å². The van der Waals surface area contributed by atoms with Crippen molar-refractivity contribution in [2.24, 2.45) is 9.98 Å². The summed E-state index contributed by atoms with van der Waals surface area (Å²) in [6, 6.07) is 52.2. The molecule has 0 bridgehead atoms. The second-order valence-electron chi connectivity index (χ2n) is 16.8. The summed E-state index contributed by atoms with van der Waals surface area (Å²) in [4.78, 5) is 12.4. The minimum absolute atomic E-state index is 0.192. The van der Waals surface area contributed by atoms with Crippen LogP contribution in [-0.4, -0.2) is 17.5 Å². The first-order valence-electron chi connectivity index (χ1n) is 22.0. The fourth-order valence-corrected chi connectivity index (χ4v) is 9.07. The van der Waals surface area contributed by atoms with Crippen molar-refractivity contribution in [2.45, 2.75) is 58.9 Å². The van der Waals surface area contributed by atoms with E-state index in [4.69, 9.17) is 4.99 Å². The molecule has 6 aromatic carbocycles. The van der Waals surface area contributed by atoms with Gasteiger partial charge in [-0.15, -0.1) is 0 Å². The van der Waals surface area contributed by atoms with Crippen molar-refractivity contribution < 1.29 is 0 Å². The van der Waals surface area contributed by atoms with Gasteiger partial charge < -0.3 is 4.90 Å². The first kappa shape index (κ1) is 44.7. The molecule has 3 nitrogen and oxygen atoms in total. The number of nitrogens with zero attached hydrogens (tertiary/aromatic N) is 3. The van der Waals surface area contributed by atoms with Crippen LogP contribution in [0.5, 0.6) is 0 Å². The molecule has 3 atom stereocenters. The zero-order valence-electron chi connectivity index (χ0n) is 38.2. The lowest BCUT2D eigenvalue weighted by Crippen LogP contribution is -2.31. The van der Waals surface area contributed by atoms with Crippen LogP contribution in [0.2, 0.25) is 0 Å². The fourth-order valence-electron chi connectivity index (χ4n) is 9.07. The number of hydrogen-bond acceptors (Lipinski definition) is 3. The third kappa shape index (κ3) is 9.07. The molecule has 3 aliphatic rings. The summed E-state index contributed by atoms with van der Waals surface area (Å²) < 4.78 is 0. The van der Waals surface area contributed by atoms with Crippen LogP contribution in [0.3, 0.4) is 0 Å². The van der Waals surface area contributed by atoms with Gasteiger partial charge in [-0.05, 0) is 110 Å². The smallest absolute Gasteiger partial charge is 0.0738 e. The summed E-state index contributed by atoms with van der Waals surface area (Å²) in [6.07, 6.45) is 14.5. The van der Waals surface area contributed by atoms with Crippen molar-refractivity contribution in [1.82, 2.24) is 0 Å². The van der Waals surface area contributed by atoms with Crippen molar-refractivity contribution in [3.63, 3.8) is 0 Å². The molecule has 0 amide bonds. The van der Waals surface area contributed by atoms with E-state index in [9.17, 15) is 0 Å². The van der Waals surface area contributed by atoms with Gasteiger partial charge in [0.2, 0.25) is 0 Å². The molecule has 0 spiro atoms. The van der Waals surface area contributed by atoms with Crippen LogP contribution in [-0.2, 0) is 5.41 Å². The lowest BCUT2D eigenvalue weighted by atomic mass is 9.71. The maximum absolute atomic E-state index is 5.57. The highest BCUT2D eigenvalue weighted by Gasteiger charge is 2.47.